The Balaban J connectivity index is 1.82. The van der Waals surface area contributed by atoms with Gasteiger partial charge in [-0.25, -0.2) is 0 Å². The van der Waals surface area contributed by atoms with E-state index >= 15 is 0 Å². The summed E-state index contributed by atoms with van der Waals surface area (Å²) in [4.78, 5) is 5.20. The van der Waals surface area contributed by atoms with E-state index in [1.165, 1.54) is 39.0 Å². The van der Waals surface area contributed by atoms with Crippen molar-refractivity contribution < 1.29 is 5.11 Å². The quantitative estimate of drug-likeness (QED) is 0.775. The number of aliphatic hydroxyl groups excluding tert-OH is 1. The summed E-state index contributed by atoms with van der Waals surface area (Å²) >= 11 is 0. The highest BCUT2D eigenvalue weighted by Gasteiger charge is 2.31. The lowest BCUT2D eigenvalue weighted by atomic mass is 9.95. The molecule has 2 unspecified atom stereocenters. The van der Waals surface area contributed by atoms with Gasteiger partial charge in [-0.05, 0) is 31.2 Å². The van der Waals surface area contributed by atoms with Gasteiger partial charge < -0.3 is 10.0 Å². The molecule has 16 heavy (non-hydrogen) atoms. The zero-order chi connectivity index (χ0) is 11.5. The molecular weight excluding hydrogens is 200 g/mol. The average Bonchev–Trinajstić information content (AvgIpc) is 2.72. The van der Waals surface area contributed by atoms with Crippen LogP contribution in [0.4, 0.5) is 0 Å². The fourth-order valence-electron chi connectivity index (χ4n) is 3.03. The molecule has 0 aliphatic carbocycles. The van der Waals surface area contributed by atoms with Crippen molar-refractivity contribution in [1.29, 1.82) is 0 Å². The van der Waals surface area contributed by atoms with Crippen LogP contribution in [0.1, 0.15) is 26.7 Å². The summed E-state index contributed by atoms with van der Waals surface area (Å²) in [6, 6.07) is 0.806. The third-order valence-corrected chi connectivity index (χ3v) is 4.34. The molecule has 2 aliphatic rings. The fourth-order valence-corrected chi connectivity index (χ4v) is 3.03. The number of aliphatic hydroxyl groups is 1. The van der Waals surface area contributed by atoms with Crippen LogP contribution in [0.5, 0.6) is 0 Å². The normalized spacial score (nSPS) is 29.6. The van der Waals surface area contributed by atoms with E-state index in [0.29, 0.717) is 18.4 Å². The third-order valence-electron chi connectivity index (χ3n) is 4.34. The van der Waals surface area contributed by atoms with Crippen LogP contribution in [0.25, 0.3) is 0 Å². The molecule has 0 saturated carbocycles. The van der Waals surface area contributed by atoms with Crippen molar-refractivity contribution in [2.45, 2.75) is 32.7 Å². The van der Waals surface area contributed by atoms with Gasteiger partial charge in [0.05, 0.1) is 0 Å². The molecule has 2 aliphatic heterocycles. The number of hydrogen-bond acceptors (Lipinski definition) is 3. The number of hydrogen-bond donors (Lipinski definition) is 1. The Bertz CT molecular complexity index is 220. The van der Waals surface area contributed by atoms with Crippen molar-refractivity contribution in [3.05, 3.63) is 0 Å². The van der Waals surface area contributed by atoms with Gasteiger partial charge in [0.25, 0.3) is 0 Å². The zero-order valence-corrected chi connectivity index (χ0v) is 10.7. The van der Waals surface area contributed by atoms with E-state index in [-0.39, 0.29) is 0 Å². The standard InChI is InChI=1S/C13H26N2O/c1-11(2)12(10-16)8-14-6-7-15-5-3-4-13(15)9-14/h11-13,16H,3-10H2,1-2H3. The van der Waals surface area contributed by atoms with E-state index in [0.717, 1.165) is 12.6 Å². The Labute approximate surface area is 99.4 Å². The highest BCUT2D eigenvalue weighted by atomic mass is 16.3. The van der Waals surface area contributed by atoms with Gasteiger partial charge in [0.1, 0.15) is 0 Å². The van der Waals surface area contributed by atoms with E-state index < -0.39 is 0 Å². The molecule has 3 nitrogen and oxygen atoms in total. The first-order chi connectivity index (χ1) is 7.70. The molecule has 2 rings (SSSR count). The van der Waals surface area contributed by atoms with Gasteiger partial charge in [0.15, 0.2) is 0 Å². The van der Waals surface area contributed by atoms with E-state index in [9.17, 15) is 5.11 Å². The molecule has 2 fully saturated rings. The third kappa shape index (κ3) is 2.76. The molecule has 2 heterocycles. The lowest BCUT2D eigenvalue weighted by molar-refractivity contribution is 0.0680. The second-order valence-corrected chi connectivity index (χ2v) is 5.78. The second kappa shape index (κ2) is 5.48. The largest absolute Gasteiger partial charge is 0.396 e. The maximum absolute atomic E-state index is 9.38. The summed E-state index contributed by atoms with van der Waals surface area (Å²) < 4.78 is 0. The Hall–Kier alpha value is -0.120. The van der Waals surface area contributed by atoms with Crippen molar-refractivity contribution in [3.8, 4) is 0 Å². The summed E-state index contributed by atoms with van der Waals surface area (Å²) in [5.41, 5.74) is 0. The summed E-state index contributed by atoms with van der Waals surface area (Å²) in [5.74, 6) is 1.04. The molecule has 0 aromatic heterocycles. The van der Waals surface area contributed by atoms with Gasteiger partial charge in [-0.15, -0.1) is 0 Å². The van der Waals surface area contributed by atoms with Crippen molar-refractivity contribution in [2.75, 3.05) is 39.3 Å². The minimum absolute atomic E-state index is 0.336. The van der Waals surface area contributed by atoms with Crippen molar-refractivity contribution in [3.63, 3.8) is 0 Å². The van der Waals surface area contributed by atoms with Gasteiger partial charge in [0, 0.05) is 38.8 Å². The number of nitrogens with zero attached hydrogens (tertiary/aromatic N) is 2. The summed E-state index contributed by atoms with van der Waals surface area (Å²) in [5, 5.41) is 9.38. The van der Waals surface area contributed by atoms with Gasteiger partial charge in [-0.2, -0.15) is 0 Å². The van der Waals surface area contributed by atoms with E-state index in [2.05, 4.69) is 23.6 Å². The van der Waals surface area contributed by atoms with Gasteiger partial charge in [-0.1, -0.05) is 13.8 Å². The smallest absolute Gasteiger partial charge is 0.0473 e. The zero-order valence-electron chi connectivity index (χ0n) is 10.7. The predicted octanol–water partition coefficient (Wildman–Crippen LogP) is 1.03. The van der Waals surface area contributed by atoms with Gasteiger partial charge >= 0.3 is 0 Å². The molecule has 0 amide bonds. The highest BCUT2D eigenvalue weighted by molar-refractivity contribution is 4.87. The molecule has 3 heteroatoms. The van der Waals surface area contributed by atoms with Crippen LogP contribution in [0.2, 0.25) is 0 Å². The van der Waals surface area contributed by atoms with Crippen LogP contribution >= 0.6 is 0 Å². The highest BCUT2D eigenvalue weighted by Crippen LogP contribution is 2.22. The average molecular weight is 226 g/mol. The lowest BCUT2D eigenvalue weighted by Gasteiger charge is -2.39. The molecule has 2 atom stereocenters. The predicted molar refractivity (Wildman–Crippen MR) is 66.4 cm³/mol. The van der Waals surface area contributed by atoms with Crippen molar-refractivity contribution in [1.82, 2.24) is 9.80 Å². The maximum Gasteiger partial charge on any atom is 0.0473 e. The van der Waals surface area contributed by atoms with E-state index in [1.807, 2.05) is 0 Å². The first-order valence-corrected chi connectivity index (χ1v) is 6.78. The minimum Gasteiger partial charge on any atom is -0.396 e. The molecule has 0 radical (unpaired) electrons. The second-order valence-electron chi connectivity index (χ2n) is 5.78. The van der Waals surface area contributed by atoms with Crippen LogP contribution in [0.15, 0.2) is 0 Å². The van der Waals surface area contributed by atoms with Crippen molar-refractivity contribution >= 4 is 0 Å². The maximum atomic E-state index is 9.38. The first kappa shape index (κ1) is 12.3. The summed E-state index contributed by atoms with van der Waals surface area (Å²) in [6.07, 6.45) is 2.76. The lowest BCUT2D eigenvalue weighted by Crippen LogP contribution is -2.51. The molecule has 0 spiro atoms. The molecule has 0 bridgehead atoms. The Kier molecular flexibility index (Phi) is 4.22. The van der Waals surface area contributed by atoms with Gasteiger partial charge in [0.2, 0.25) is 0 Å². The number of fused-ring (bicyclic) bond motifs is 1. The van der Waals surface area contributed by atoms with Gasteiger partial charge in [-0.3, -0.25) is 4.90 Å². The SMILES string of the molecule is CC(C)C(CO)CN1CCN2CCCC2C1. The monoisotopic (exact) mass is 226 g/mol. The number of rotatable bonds is 4. The first-order valence-electron chi connectivity index (χ1n) is 6.78. The number of piperazine rings is 1. The molecule has 2 saturated heterocycles. The van der Waals surface area contributed by atoms with Crippen molar-refractivity contribution in [2.24, 2.45) is 11.8 Å². The van der Waals surface area contributed by atoms with Crippen LogP contribution in [0.3, 0.4) is 0 Å². The van der Waals surface area contributed by atoms with Crippen LogP contribution in [-0.2, 0) is 0 Å². The minimum atomic E-state index is 0.336. The van der Waals surface area contributed by atoms with E-state index in [4.69, 9.17) is 0 Å². The van der Waals surface area contributed by atoms with Crippen LogP contribution in [0, 0.1) is 11.8 Å². The molecular formula is C13H26N2O. The fraction of sp³-hybridized carbons (Fsp3) is 1.00. The summed E-state index contributed by atoms with van der Waals surface area (Å²) in [6.45, 7) is 10.8. The Morgan fingerprint density at radius 3 is 2.75 bits per heavy atom. The van der Waals surface area contributed by atoms with Crippen LogP contribution in [-0.4, -0.2) is 60.3 Å². The molecule has 1 N–H and O–H groups in total. The van der Waals surface area contributed by atoms with Crippen LogP contribution < -0.4 is 0 Å². The topological polar surface area (TPSA) is 26.7 Å². The summed E-state index contributed by atoms with van der Waals surface area (Å²) in [7, 11) is 0. The Morgan fingerprint density at radius 1 is 1.25 bits per heavy atom. The van der Waals surface area contributed by atoms with E-state index in [1.54, 1.807) is 0 Å². The molecule has 0 aromatic carbocycles. The molecule has 0 aromatic rings. The Morgan fingerprint density at radius 2 is 2.06 bits per heavy atom. The molecule has 94 valence electrons.